The lowest BCUT2D eigenvalue weighted by atomic mass is 10.2. The summed E-state index contributed by atoms with van der Waals surface area (Å²) in [6, 6.07) is 7.38. The van der Waals surface area contributed by atoms with Gasteiger partial charge in [0.25, 0.3) is 5.91 Å². The lowest BCUT2D eigenvalue weighted by molar-refractivity contribution is -0.121. The highest BCUT2D eigenvalue weighted by molar-refractivity contribution is 7.07. The Kier molecular flexibility index (Phi) is 7.32. The molecule has 0 N–H and O–H groups in total. The largest absolute Gasteiger partial charge is 0.451 e. The standard InChI is InChI=1S/C18H11Cl4N3O3S/c19-11-4-2-1-3-10(11)8-25-5-6-29-18(25)24-13(26)9-28-17(27)16-15(22)14(21)12(20)7-23-16/h1-7H,8-9H2. The number of aromatic nitrogens is 2. The number of carbonyl (C=O) groups is 2. The zero-order valence-corrected chi connectivity index (χ0v) is 18.3. The Hall–Kier alpha value is -1.90. The molecule has 3 aromatic rings. The number of amides is 1. The molecule has 150 valence electrons. The number of rotatable bonds is 5. The highest BCUT2D eigenvalue weighted by Crippen LogP contribution is 2.31. The van der Waals surface area contributed by atoms with Gasteiger partial charge < -0.3 is 9.30 Å². The second-order valence-electron chi connectivity index (χ2n) is 5.57. The van der Waals surface area contributed by atoms with E-state index in [1.165, 1.54) is 17.5 Å². The van der Waals surface area contributed by atoms with Gasteiger partial charge in [0, 0.05) is 22.8 Å². The van der Waals surface area contributed by atoms with Crippen molar-refractivity contribution < 1.29 is 14.3 Å². The average molecular weight is 491 g/mol. The molecule has 0 aliphatic heterocycles. The first-order chi connectivity index (χ1) is 13.9. The summed E-state index contributed by atoms with van der Waals surface area (Å²) in [4.78, 5) is 32.5. The average Bonchev–Trinajstić information content (AvgIpc) is 3.12. The molecular weight excluding hydrogens is 480 g/mol. The number of benzene rings is 1. The highest BCUT2D eigenvalue weighted by Gasteiger charge is 2.19. The first-order valence-corrected chi connectivity index (χ1v) is 10.4. The Morgan fingerprint density at radius 2 is 1.86 bits per heavy atom. The lowest BCUT2D eigenvalue weighted by Crippen LogP contribution is -2.20. The van der Waals surface area contributed by atoms with Crippen LogP contribution in [0.15, 0.2) is 47.0 Å². The summed E-state index contributed by atoms with van der Waals surface area (Å²) < 4.78 is 6.70. The molecular formula is C18H11Cl4N3O3S. The van der Waals surface area contributed by atoms with E-state index < -0.39 is 18.5 Å². The predicted octanol–water partition coefficient (Wildman–Crippen LogP) is 4.89. The Morgan fingerprint density at radius 3 is 2.62 bits per heavy atom. The van der Waals surface area contributed by atoms with E-state index in [2.05, 4.69) is 9.98 Å². The Bertz CT molecular complexity index is 1140. The summed E-state index contributed by atoms with van der Waals surface area (Å²) in [5.74, 6) is -1.56. The smallest absolute Gasteiger partial charge is 0.359 e. The molecule has 0 unspecified atom stereocenters. The van der Waals surface area contributed by atoms with E-state index in [1.807, 2.05) is 18.2 Å². The minimum Gasteiger partial charge on any atom is -0.451 e. The van der Waals surface area contributed by atoms with Gasteiger partial charge >= 0.3 is 5.97 Å². The number of carbonyl (C=O) groups excluding carboxylic acids is 2. The van der Waals surface area contributed by atoms with Gasteiger partial charge in [0.15, 0.2) is 17.1 Å². The number of esters is 1. The molecule has 0 saturated carbocycles. The summed E-state index contributed by atoms with van der Waals surface area (Å²) in [6.07, 6.45) is 2.95. The summed E-state index contributed by atoms with van der Waals surface area (Å²) in [6.45, 7) is -0.140. The van der Waals surface area contributed by atoms with Gasteiger partial charge in [-0.05, 0) is 11.6 Å². The maximum atomic E-state index is 12.1. The molecule has 0 aliphatic rings. The number of hydrogen-bond donors (Lipinski definition) is 0. The first kappa shape index (κ1) is 21.8. The van der Waals surface area contributed by atoms with Crippen LogP contribution in [0.4, 0.5) is 0 Å². The molecule has 3 rings (SSSR count). The van der Waals surface area contributed by atoms with Crippen molar-refractivity contribution in [3.8, 4) is 0 Å². The zero-order valence-electron chi connectivity index (χ0n) is 14.4. The van der Waals surface area contributed by atoms with Crippen molar-refractivity contribution in [2.75, 3.05) is 6.61 Å². The number of hydrogen-bond acceptors (Lipinski definition) is 5. The quantitative estimate of drug-likeness (QED) is 0.477. The van der Waals surface area contributed by atoms with Crippen molar-refractivity contribution >= 4 is 69.6 Å². The van der Waals surface area contributed by atoms with E-state index in [4.69, 9.17) is 51.1 Å². The molecule has 0 bridgehead atoms. The molecule has 0 atom stereocenters. The minimum atomic E-state index is -0.910. The van der Waals surface area contributed by atoms with E-state index in [-0.39, 0.29) is 20.8 Å². The third kappa shape index (κ3) is 5.38. The Morgan fingerprint density at radius 1 is 1.10 bits per heavy atom. The van der Waals surface area contributed by atoms with E-state index in [0.29, 0.717) is 16.4 Å². The molecule has 1 amide bonds. The van der Waals surface area contributed by atoms with E-state index in [9.17, 15) is 9.59 Å². The molecule has 0 saturated heterocycles. The summed E-state index contributed by atoms with van der Waals surface area (Å²) in [5, 5.41) is 2.33. The second kappa shape index (κ2) is 9.73. The van der Waals surface area contributed by atoms with Crippen LogP contribution in [0.2, 0.25) is 20.1 Å². The number of thiazole rings is 1. The molecule has 0 spiro atoms. The monoisotopic (exact) mass is 489 g/mol. The second-order valence-corrected chi connectivity index (χ2v) is 8.01. The predicted molar refractivity (Wildman–Crippen MR) is 113 cm³/mol. The van der Waals surface area contributed by atoms with Gasteiger partial charge in [-0.3, -0.25) is 4.79 Å². The molecule has 29 heavy (non-hydrogen) atoms. The number of ether oxygens (including phenoxy) is 1. The third-order valence-electron chi connectivity index (χ3n) is 3.62. The van der Waals surface area contributed by atoms with Crippen LogP contribution in [-0.4, -0.2) is 28.0 Å². The summed E-state index contributed by atoms with van der Waals surface area (Å²) >= 11 is 25.0. The number of pyridine rings is 1. The van der Waals surface area contributed by atoms with Crippen LogP contribution < -0.4 is 4.80 Å². The SMILES string of the molecule is O=C(COC(=O)c1ncc(Cl)c(Cl)c1Cl)N=c1sccn1Cc1ccccc1Cl. The van der Waals surface area contributed by atoms with Crippen molar-refractivity contribution in [3.63, 3.8) is 0 Å². The summed E-state index contributed by atoms with van der Waals surface area (Å²) in [7, 11) is 0. The van der Waals surface area contributed by atoms with Crippen molar-refractivity contribution in [2.24, 2.45) is 4.99 Å². The van der Waals surface area contributed by atoms with Gasteiger partial charge in [-0.1, -0.05) is 64.6 Å². The third-order valence-corrected chi connectivity index (χ3v) is 6.02. The molecule has 0 radical (unpaired) electrons. The summed E-state index contributed by atoms with van der Waals surface area (Å²) in [5.41, 5.74) is 0.645. The molecule has 0 fully saturated rings. The molecule has 11 heteroatoms. The van der Waals surface area contributed by atoms with Crippen molar-refractivity contribution in [1.29, 1.82) is 0 Å². The van der Waals surface area contributed by atoms with Gasteiger partial charge in [-0.2, -0.15) is 4.99 Å². The van der Waals surface area contributed by atoms with E-state index >= 15 is 0 Å². The van der Waals surface area contributed by atoms with Crippen molar-refractivity contribution in [2.45, 2.75) is 6.54 Å². The fourth-order valence-corrected chi connectivity index (χ4v) is 3.74. The van der Waals surface area contributed by atoms with E-state index in [1.54, 1.807) is 22.2 Å². The van der Waals surface area contributed by atoms with Gasteiger partial charge in [0.05, 0.1) is 21.6 Å². The molecule has 2 heterocycles. The first-order valence-electron chi connectivity index (χ1n) is 7.98. The van der Waals surface area contributed by atoms with Crippen LogP contribution in [0.25, 0.3) is 0 Å². The zero-order chi connectivity index (χ0) is 21.0. The highest BCUT2D eigenvalue weighted by atomic mass is 35.5. The van der Waals surface area contributed by atoms with Gasteiger partial charge in [0.2, 0.25) is 0 Å². The maximum Gasteiger partial charge on any atom is 0.359 e. The normalized spacial score (nSPS) is 11.5. The molecule has 6 nitrogen and oxygen atoms in total. The minimum absolute atomic E-state index is 0.0227. The molecule has 0 aliphatic carbocycles. The maximum absolute atomic E-state index is 12.1. The Balaban J connectivity index is 1.69. The number of halogens is 4. The van der Waals surface area contributed by atoms with Crippen molar-refractivity contribution in [3.05, 3.63) is 78.2 Å². The van der Waals surface area contributed by atoms with Crippen LogP contribution in [0.5, 0.6) is 0 Å². The van der Waals surface area contributed by atoms with Crippen LogP contribution in [0, 0.1) is 0 Å². The van der Waals surface area contributed by atoms with Gasteiger partial charge in [0.1, 0.15) is 0 Å². The van der Waals surface area contributed by atoms with Crippen LogP contribution in [-0.2, 0) is 16.1 Å². The molecule has 2 aromatic heterocycles. The molecule has 1 aromatic carbocycles. The van der Waals surface area contributed by atoms with Gasteiger partial charge in [-0.25, -0.2) is 9.78 Å². The van der Waals surface area contributed by atoms with Crippen molar-refractivity contribution in [1.82, 2.24) is 9.55 Å². The van der Waals surface area contributed by atoms with Crippen LogP contribution in [0.3, 0.4) is 0 Å². The fourth-order valence-electron chi connectivity index (χ4n) is 2.24. The topological polar surface area (TPSA) is 73.6 Å². The van der Waals surface area contributed by atoms with Gasteiger partial charge in [-0.15, -0.1) is 11.3 Å². The Labute approximate surface area is 189 Å². The van der Waals surface area contributed by atoms with E-state index in [0.717, 1.165) is 5.56 Å². The lowest BCUT2D eigenvalue weighted by Gasteiger charge is -2.06. The van der Waals surface area contributed by atoms with Crippen LogP contribution >= 0.6 is 57.7 Å². The number of nitrogens with zero attached hydrogens (tertiary/aromatic N) is 3. The fraction of sp³-hybridized carbons (Fsp3) is 0.111. The van der Waals surface area contributed by atoms with Crippen LogP contribution in [0.1, 0.15) is 16.1 Å².